The van der Waals surface area contributed by atoms with E-state index in [1.807, 2.05) is 0 Å². The first-order valence-electron chi connectivity index (χ1n) is 7.93. The summed E-state index contributed by atoms with van der Waals surface area (Å²) in [7, 11) is 0. The van der Waals surface area contributed by atoms with Crippen molar-refractivity contribution in [2.24, 2.45) is 5.41 Å². The van der Waals surface area contributed by atoms with E-state index >= 15 is 0 Å². The minimum Gasteiger partial charge on any atom is -0.369 e. The lowest BCUT2D eigenvalue weighted by molar-refractivity contribution is 0.342. The summed E-state index contributed by atoms with van der Waals surface area (Å²) in [5, 5.41) is 3.93. The molecule has 0 unspecified atom stereocenters. The topological polar surface area (TPSA) is 37.8 Å². The van der Waals surface area contributed by atoms with Crippen LogP contribution in [0, 0.1) is 5.41 Å². The van der Waals surface area contributed by atoms with Crippen molar-refractivity contribution in [3.05, 3.63) is 17.0 Å². The third kappa shape index (κ3) is 6.64. The first-order chi connectivity index (χ1) is 9.64. The molecule has 0 amide bonds. The van der Waals surface area contributed by atoms with Crippen LogP contribution in [0.15, 0.2) is 6.07 Å². The van der Waals surface area contributed by atoms with Gasteiger partial charge in [-0.2, -0.15) is 0 Å². The van der Waals surface area contributed by atoms with Gasteiger partial charge in [-0.1, -0.05) is 72.4 Å². The number of unbranched alkanes of at least 4 members (excludes halogenated alkanes) is 2. The van der Waals surface area contributed by atoms with Gasteiger partial charge >= 0.3 is 0 Å². The molecule has 0 saturated carbocycles. The number of rotatable bonds is 7. The monoisotopic (exact) mass is 311 g/mol. The zero-order valence-electron chi connectivity index (χ0n) is 14.4. The smallest absolute Gasteiger partial charge is 0.137 e. The van der Waals surface area contributed by atoms with Gasteiger partial charge in [-0.15, -0.1) is 0 Å². The van der Waals surface area contributed by atoms with Gasteiger partial charge in [-0.25, -0.2) is 9.97 Å². The van der Waals surface area contributed by atoms with Crippen LogP contribution >= 0.6 is 11.6 Å². The highest BCUT2D eigenvalue weighted by Gasteiger charge is 2.20. The van der Waals surface area contributed by atoms with Gasteiger partial charge in [0.15, 0.2) is 0 Å². The van der Waals surface area contributed by atoms with Gasteiger partial charge in [0.2, 0.25) is 0 Å². The van der Waals surface area contributed by atoms with Gasteiger partial charge in [0.25, 0.3) is 0 Å². The Kier molecular flexibility index (Phi) is 6.45. The van der Waals surface area contributed by atoms with E-state index in [2.05, 4.69) is 56.8 Å². The second kappa shape index (κ2) is 7.44. The number of nitrogens with one attached hydrogen (secondary N) is 1. The van der Waals surface area contributed by atoms with E-state index in [4.69, 9.17) is 11.6 Å². The summed E-state index contributed by atoms with van der Waals surface area (Å²) in [6.07, 6.45) is 5.07. The average Bonchev–Trinajstić information content (AvgIpc) is 2.35. The molecule has 120 valence electrons. The van der Waals surface area contributed by atoms with Gasteiger partial charge in [-0.05, 0) is 11.8 Å². The van der Waals surface area contributed by atoms with Gasteiger partial charge < -0.3 is 5.32 Å². The van der Waals surface area contributed by atoms with Crippen molar-refractivity contribution in [3.63, 3.8) is 0 Å². The minimum absolute atomic E-state index is 0.0992. The standard InChI is InChI=1S/C17H30ClN3/c1-7-8-9-10-17(5,6)12-19-14-11-13(18)20-15(21-14)16(2,3)4/h11H,7-10,12H2,1-6H3,(H,19,20,21). The zero-order valence-corrected chi connectivity index (χ0v) is 15.1. The second-order valence-corrected chi connectivity index (χ2v) is 8.01. The molecule has 1 heterocycles. The molecule has 0 aromatic carbocycles. The Labute approximate surface area is 134 Å². The predicted octanol–water partition coefficient (Wildman–Crippen LogP) is 5.45. The molecule has 3 nitrogen and oxygen atoms in total. The average molecular weight is 312 g/mol. The lowest BCUT2D eigenvalue weighted by Gasteiger charge is -2.26. The van der Waals surface area contributed by atoms with Crippen LogP contribution in [0.5, 0.6) is 0 Å². The first-order valence-corrected chi connectivity index (χ1v) is 8.31. The summed E-state index contributed by atoms with van der Waals surface area (Å²) in [6, 6.07) is 1.80. The summed E-state index contributed by atoms with van der Waals surface area (Å²) in [4.78, 5) is 8.92. The van der Waals surface area contributed by atoms with Crippen molar-refractivity contribution >= 4 is 17.4 Å². The number of hydrogen-bond donors (Lipinski definition) is 1. The number of nitrogens with zero attached hydrogens (tertiary/aromatic N) is 2. The van der Waals surface area contributed by atoms with Crippen LogP contribution in [0.4, 0.5) is 5.82 Å². The third-order valence-corrected chi connectivity index (χ3v) is 3.76. The minimum atomic E-state index is -0.0992. The molecule has 1 aromatic heterocycles. The van der Waals surface area contributed by atoms with Crippen LogP contribution in [0.2, 0.25) is 5.15 Å². The third-order valence-electron chi connectivity index (χ3n) is 3.57. The molecule has 4 heteroatoms. The maximum atomic E-state index is 6.12. The Morgan fingerprint density at radius 1 is 1.10 bits per heavy atom. The highest BCUT2D eigenvalue weighted by Crippen LogP contribution is 2.26. The molecule has 0 bridgehead atoms. The number of aromatic nitrogens is 2. The van der Waals surface area contributed by atoms with Crippen LogP contribution < -0.4 is 5.32 Å². The fourth-order valence-corrected chi connectivity index (χ4v) is 2.30. The summed E-state index contributed by atoms with van der Waals surface area (Å²) in [6.45, 7) is 14.0. The molecule has 0 aliphatic carbocycles. The Hall–Kier alpha value is -0.830. The van der Waals surface area contributed by atoms with Crippen LogP contribution in [0.25, 0.3) is 0 Å². The van der Waals surface area contributed by atoms with Crippen molar-refractivity contribution in [1.29, 1.82) is 0 Å². The molecule has 1 N–H and O–H groups in total. The summed E-state index contributed by atoms with van der Waals surface area (Å²) < 4.78 is 0. The molecule has 0 saturated heterocycles. The van der Waals surface area contributed by atoms with Gasteiger partial charge in [0.05, 0.1) is 0 Å². The summed E-state index contributed by atoms with van der Waals surface area (Å²) in [5.74, 6) is 1.60. The fraction of sp³-hybridized carbons (Fsp3) is 0.765. The van der Waals surface area contributed by atoms with Crippen molar-refractivity contribution in [2.45, 2.75) is 72.6 Å². The molecule has 0 spiro atoms. The van der Waals surface area contributed by atoms with Crippen LogP contribution in [0.1, 0.15) is 73.1 Å². The van der Waals surface area contributed by atoms with E-state index in [0.717, 1.165) is 18.2 Å². The maximum Gasteiger partial charge on any atom is 0.137 e. The van der Waals surface area contributed by atoms with Gasteiger partial charge in [-0.3, -0.25) is 0 Å². The second-order valence-electron chi connectivity index (χ2n) is 7.62. The highest BCUT2D eigenvalue weighted by atomic mass is 35.5. The van der Waals surface area contributed by atoms with Crippen LogP contribution in [-0.2, 0) is 5.41 Å². The first kappa shape index (κ1) is 18.2. The molecule has 0 aliphatic rings. The highest BCUT2D eigenvalue weighted by molar-refractivity contribution is 6.29. The molecule has 0 radical (unpaired) electrons. The van der Waals surface area contributed by atoms with E-state index in [0.29, 0.717) is 5.15 Å². The van der Waals surface area contributed by atoms with Crippen LogP contribution in [-0.4, -0.2) is 16.5 Å². The summed E-state index contributed by atoms with van der Waals surface area (Å²) in [5.41, 5.74) is 0.159. The van der Waals surface area contributed by atoms with Crippen molar-refractivity contribution in [2.75, 3.05) is 11.9 Å². The van der Waals surface area contributed by atoms with E-state index < -0.39 is 0 Å². The van der Waals surface area contributed by atoms with E-state index in [9.17, 15) is 0 Å². The zero-order chi connectivity index (χ0) is 16.1. The molecule has 0 aliphatic heterocycles. The van der Waals surface area contributed by atoms with Gasteiger partial charge in [0, 0.05) is 18.0 Å². The lowest BCUT2D eigenvalue weighted by Crippen LogP contribution is -2.24. The van der Waals surface area contributed by atoms with Crippen molar-refractivity contribution < 1.29 is 0 Å². The molecule has 21 heavy (non-hydrogen) atoms. The Morgan fingerprint density at radius 3 is 2.33 bits per heavy atom. The van der Waals surface area contributed by atoms with Crippen molar-refractivity contribution in [3.8, 4) is 0 Å². The van der Waals surface area contributed by atoms with E-state index in [1.54, 1.807) is 6.07 Å². The number of anilines is 1. The quantitative estimate of drug-likeness (QED) is 0.537. The SMILES string of the molecule is CCCCCC(C)(C)CNc1cc(Cl)nc(C(C)(C)C)n1. The Morgan fingerprint density at radius 2 is 1.76 bits per heavy atom. The van der Waals surface area contributed by atoms with Crippen LogP contribution in [0.3, 0.4) is 0 Å². The van der Waals surface area contributed by atoms with Gasteiger partial charge in [0.1, 0.15) is 16.8 Å². The molecule has 0 atom stereocenters. The molecule has 1 rings (SSSR count). The maximum absolute atomic E-state index is 6.12. The number of halogens is 1. The molecule has 1 aromatic rings. The van der Waals surface area contributed by atoms with E-state index in [-0.39, 0.29) is 10.8 Å². The Balaban J connectivity index is 2.69. The predicted molar refractivity (Wildman–Crippen MR) is 92.2 cm³/mol. The number of hydrogen-bond acceptors (Lipinski definition) is 3. The van der Waals surface area contributed by atoms with E-state index in [1.165, 1.54) is 25.7 Å². The molecular weight excluding hydrogens is 282 g/mol. The normalized spacial score (nSPS) is 12.5. The Bertz CT molecular complexity index is 450. The molecular formula is C17H30ClN3. The summed E-state index contributed by atoms with van der Waals surface area (Å²) >= 11 is 6.12. The molecule has 0 fully saturated rings. The largest absolute Gasteiger partial charge is 0.369 e. The van der Waals surface area contributed by atoms with Crippen molar-refractivity contribution in [1.82, 2.24) is 9.97 Å². The fourth-order valence-electron chi connectivity index (χ4n) is 2.12. The lowest BCUT2D eigenvalue weighted by atomic mass is 9.87.